The summed E-state index contributed by atoms with van der Waals surface area (Å²) in [6.07, 6.45) is 2.15. The number of pyridine rings is 1. The molecule has 1 atom stereocenters. The third-order valence-corrected chi connectivity index (χ3v) is 3.44. The molecule has 18 heavy (non-hydrogen) atoms. The monoisotopic (exact) mass is 234 g/mol. The highest BCUT2D eigenvalue weighted by molar-refractivity contribution is 5.75. The summed E-state index contributed by atoms with van der Waals surface area (Å²) in [6.45, 7) is 2.24. The van der Waals surface area contributed by atoms with Gasteiger partial charge in [0.05, 0.1) is 0 Å². The molecule has 1 aromatic heterocycles. The van der Waals surface area contributed by atoms with Crippen LogP contribution in [0.5, 0.6) is 0 Å². The molecule has 1 nitrogen and oxygen atoms in total. The summed E-state index contributed by atoms with van der Waals surface area (Å²) in [5.74, 6) is 0. The Balaban J connectivity index is 2.15. The van der Waals surface area contributed by atoms with Crippen molar-refractivity contribution in [2.75, 3.05) is 0 Å². The van der Waals surface area contributed by atoms with E-state index in [1.807, 2.05) is 0 Å². The van der Waals surface area contributed by atoms with Gasteiger partial charge in [0.1, 0.15) is 0 Å². The van der Waals surface area contributed by atoms with Crippen molar-refractivity contribution in [3.05, 3.63) is 78.5 Å². The molecule has 0 aliphatic carbocycles. The second kappa shape index (κ2) is 4.61. The molecule has 3 rings (SSSR count). The molecule has 0 bridgehead atoms. The fourth-order valence-electron chi connectivity index (χ4n) is 2.41. The Morgan fingerprint density at radius 3 is 2.28 bits per heavy atom. The molecule has 1 heterocycles. The lowest BCUT2D eigenvalue weighted by Crippen LogP contribution is -2.38. The third-order valence-electron chi connectivity index (χ3n) is 3.44. The van der Waals surface area contributed by atoms with Crippen molar-refractivity contribution in [2.24, 2.45) is 0 Å². The summed E-state index contributed by atoms with van der Waals surface area (Å²) in [5, 5.41) is 1.28. The molecule has 0 aliphatic heterocycles. The zero-order valence-corrected chi connectivity index (χ0v) is 10.5. The van der Waals surface area contributed by atoms with E-state index in [1.165, 1.54) is 16.5 Å². The van der Waals surface area contributed by atoms with Crippen molar-refractivity contribution in [3.8, 4) is 0 Å². The van der Waals surface area contributed by atoms with Crippen LogP contribution < -0.4 is 4.57 Å². The van der Waals surface area contributed by atoms with Gasteiger partial charge in [0.25, 0.3) is 0 Å². The summed E-state index contributed by atoms with van der Waals surface area (Å²) in [4.78, 5) is 0. The van der Waals surface area contributed by atoms with E-state index in [2.05, 4.69) is 84.4 Å². The number of fused-ring (bicyclic) bond motifs is 1. The second-order valence-corrected chi connectivity index (χ2v) is 4.56. The van der Waals surface area contributed by atoms with E-state index in [4.69, 9.17) is 0 Å². The minimum absolute atomic E-state index is 0.345. The van der Waals surface area contributed by atoms with E-state index in [9.17, 15) is 0 Å². The maximum absolute atomic E-state index is 2.32. The second-order valence-electron chi connectivity index (χ2n) is 4.56. The number of aromatic nitrogens is 1. The Bertz CT molecular complexity index is 653. The molecule has 2 aromatic carbocycles. The summed E-state index contributed by atoms with van der Waals surface area (Å²) in [7, 11) is 0. The van der Waals surface area contributed by atoms with Crippen LogP contribution in [-0.4, -0.2) is 0 Å². The Labute approximate surface area is 107 Å². The van der Waals surface area contributed by atoms with E-state index in [1.54, 1.807) is 0 Å². The standard InChI is InChI=1S/C17H16N/c1-14(15-8-3-2-4-9-15)18-13-7-11-16-10-5-6-12-17(16)18/h2-14H,1H3/q+1. The number of benzene rings is 2. The zero-order valence-electron chi connectivity index (χ0n) is 10.5. The molecule has 88 valence electrons. The highest BCUT2D eigenvalue weighted by Gasteiger charge is 2.17. The Hall–Kier alpha value is -2.15. The van der Waals surface area contributed by atoms with Gasteiger partial charge in [-0.2, -0.15) is 4.57 Å². The van der Waals surface area contributed by atoms with Crippen LogP contribution >= 0.6 is 0 Å². The van der Waals surface area contributed by atoms with Crippen LogP contribution in [0.2, 0.25) is 0 Å². The first-order chi connectivity index (χ1) is 8.86. The lowest BCUT2D eigenvalue weighted by molar-refractivity contribution is -0.685. The summed E-state index contributed by atoms with van der Waals surface area (Å²) in [6, 6.07) is 23.7. The molecular formula is C17H16N+. The first-order valence-corrected chi connectivity index (χ1v) is 6.30. The average molecular weight is 234 g/mol. The zero-order chi connectivity index (χ0) is 12.4. The Kier molecular flexibility index (Phi) is 2.81. The lowest BCUT2D eigenvalue weighted by atomic mass is 10.1. The largest absolute Gasteiger partial charge is 0.212 e. The Morgan fingerprint density at radius 2 is 1.44 bits per heavy atom. The van der Waals surface area contributed by atoms with Gasteiger partial charge in [-0.1, -0.05) is 42.5 Å². The summed E-state index contributed by atoms with van der Waals surface area (Å²) < 4.78 is 2.32. The highest BCUT2D eigenvalue weighted by atomic mass is 15.0. The molecule has 0 N–H and O–H groups in total. The Morgan fingerprint density at radius 1 is 0.778 bits per heavy atom. The topological polar surface area (TPSA) is 3.88 Å². The van der Waals surface area contributed by atoms with Crippen molar-refractivity contribution in [1.29, 1.82) is 0 Å². The van der Waals surface area contributed by atoms with Crippen LogP contribution in [0, 0.1) is 0 Å². The van der Waals surface area contributed by atoms with Crippen molar-refractivity contribution >= 4 is 10.9 Å². The van der Waals surface area contributed by atoms with Gasteiger partial charge in [-0.25, -0.2) is 0 Å². The van der Waals surface area contributed by atoms with Crippen molar-refractivity contribution < 1.29 is 4.57 Å². The fourth-order valence-corrected chi connectivity index (χ4v) is 2.41. The van der Waals surface area contributed by atoms with Gasteiger partial charge < -0.3 is 0 Å². The molecule has 0 aliphatic rings. The minimum Gasteiger partial charge on any atom is -0.192 e. The molecule has 0 amide bonds. The van der Waals surface area contributed by atoms with Crippen molar-refractivity contribution in [3.63, 3.8) is 0 Å². The van der Waals surface area contributed by atoms with E-state index >= 15 is 0 Å². The lowest BCUT2D eigenvalue weighted by Gasteiger charge is -2.09. The van der Waals surface area contributed by atoms with Crippen molar-refractivity contribution in [1.82, 2.24) is 0 Å². The predicted molar refractivity (Wildman–Crippen MR) is 74.4 cm³/mol. The molecular weight excluding hydrogens is 218 g/mol. The maximum atomic E-state index is 2.32. The summed E-state index contributed by atoms with van der Waals surface area (Å²) >= 11 is 0. The molecule has 0 radical (unpaired) electrons. The van der Waals surface area contributed by atoms with E-state index < -0.39 is 0 Å². The smallest absolute Gasteiger partial charge is 0.192 e. The minimum atomic E-state index is 0.345. The van der Waals surface area contributed by atoms with Gasteiger partial charge in [0, 0.05) is 30.0 Å². The first-order valence-electron chi connectivity index (χ1n) is 6.30. The summed E-state index contributed by atoms with van der Waals surface area (Å²) in [5.41, 5.74) is 2.61. The first kappa shape index (κ1) is 11.0. The van der Waals surface area contributed by atoms with Crippen LogP contribution in [0.1, 0.15) is 18.5 Å². The van der Waals surface area contributed by atoms with Crippen LogP contribution in [0.4, 0.5) is 0 Å². The van der Waals surface area contributed by atoms with Gasteiger partial charge in [0.2, 0.25) is 5.52 Å². The van der Waals surface area contributed by atoms with Gasteiger partial charge in [-0.15, -0.1) is 0 Å². The average Bonchev–Trinajstić information content (AvgIpc) is 2.47. The molecule has 0 spiro atoms. The molecule has 0 saturated carbocycles. The van der Waals surface area contributed by atoms with E-state index in [0.29, 0.717) is 6.04 Å². The van der Waals surface area contributed by atoms with Gasteiger partial charge in [0.15, 0.2) is 12.2 Å². The SMILES string of the molecule is CC(c1ccccc1)[n+]1cccc2ccccc21. The number of hydrogen-bond donors (Lipinski definition) is 0. The van der Waals surface area contributed by atoms with Gasteiger partial charge in [-0.3, -0.25) is 0 Å². The fraction of sp³-hybridized carbons (Fsp3) is 0.118. The van der Waals surface area contributed by atoms with Crippen LogP contribution in [0.15, 0.2) is 72.9 Å². The van der Waals surface area contributed by atoms with E-state index in [0.717, 1.165) is 0 Å². The number of rotatable bonds is 2. The molecule has 1 unspecified atom stereocenters. The molecule has 1 heteroatoms. The predicted octanol–water partition coefficient (Wildman–Crippen LogP) is 3.74. The quantitative estimate of drug-likeness (QED) is 0.595. The number of nitrogens with zero attached hydrogens (tertiary/aromatic N) is 1. The molecule has 0 fully saturated rings. The van der Waals surface area contributed by atoms with Crippen LogP contribution in [0.3, 0.4) is 0 Å². The third kappa shape index (κ3) is 1.88. The maximum Gasteiger partial charge on any atom is 0.212 e. The molecule has 3 aromatic rings. The molecule has 0 saturated heterocycles. The van der Waals surface area contributed by atoms with Gasteiger partial charge in [-0.05, 0) is 12.1 Å². The van der Waals surface area contributed by atoms with Crippen molar-refractivity contribution in [2.45, 2.75) is 13.0 Å². The van der Waals surface area contributed by atoms with E-state index in [-0.39, 0.29) is 0 Å². The number of hydrogen-bond acceptors (Lipinski definition) is 0. The highest BCUT2D eigenvalue weighted by Crippen LogP contribution is 2.15. The van der Waals surface area contributed by atoms with Crippen LogP contribution in [0.25, 0.3) is 10.9 Å². The number of para-hydroxylation sites is 1. The normalized spacial score (nSPS) is 12.5. The van der Waals surface area contributed by atoms with Crippen LogP contribution in [-0.2, 0) is 0 Å². The van der Waals surface area contributed by atoms with Gasteiger partial charge >= 0.3 is 0 Å².